The third-order valence-corrected chi connectivity index (χ3v) is 3.48. The highest BCUT2D eigenvalue weighted by Gasteiger charge is 2.32. The largest absolute Gasteiger partial charge is 0.353 e. The van der Waals surface area contributed by atoms with Crippen molar-refractivity contribution in [2.75, 3.05) is 13.2 Å². The molecule has 1 N–H and O–H groups in total. The molecule has 1 aromatic carbocycles. The fourth-order valence-corrected chi connectivity index (χ4v) is 2.32. The molecule has 0 bridgehead atoms. The third-order valence-electron chi connectivity index (χ3n) is 3.48. The minimum atomic E-state index is -0.531. The molecule has 0 saturated carbocycles. The first-order valence-electron chi connectivity index (χ1n) is 7.09. The van der Waals surface area contributed by atoms with E-state index in [4.69, 9.17) is 9.47 Å². The molecule has 0 radical (unpaired) electrons. The van der Waals surface area contributed by atoms with Crippen LogP contribution in [0.2, 0.25) is 0 Å². The minimum Gasteiger partial charge on any atom is -0.353 e. The van der Waals surface area contributed by atoms with Crippen molar-refractivity contribution in [1.29, 1.82) is 0 Å². The molecule has 2 rings (SSSR count). The van der Waals surface area contributed by atoms with Crippen LogP contribution in [-0.4, -0.2) is 30.9 Å². The van der Waals surface area contributed by atoms with E-state index in [1.54, 1.807) is 0 Å². The van der Waals surface area contributed by atoms with Gasteiger partial charge in [-0.1, -0.05) is 24.3 Å². The first-order valence-corrected chi connectivity index (χ1v) is 7.09. The van der Waals surface area contributed by atoms with Gasteiger partial charge in [-0.25, -0.2) is 0 Å². The van der Waals surface area contributed by atoms with Crippen LogP contribution < -0.4 is 5.32 Å². The quantitative estimate of drug-likeness (QED) is 0.897. The van der Waals surface area contributed by atoms with E-state index in [2.05, 4.69) is 24.4 Å². The van der Waals surface area contributed by atoms with Crippen molar-refractivity contribution < 1.29 is 14.3 Å². The van der Waals surface area contributed by atoms with Crippen LogP contribution in [0.4, 0.5) is 0 Å². The molecule has 1 saturated heterocycles. The van der Waals surface area contributed by atoms with Gasteiger partial charge in [-0.3, -0.25) is 4.79 Å². The van der Waals surface area contributed by atoms with Gasteiger partial charge < -0.3 is 14.8 Å². The number of carbonyl (C=O) groups excluding carboxylic acids is 1. The molecular weight excluding hydrogens is 254 g/mol. The van der Waals surface area contributed by atoms with Crippen LogP contribution in [0.1, 0.15) is 31.4 Å². The molecule has 4 heteroatoms. The van der Waals surface area contributed by atoms with Crippen LogP contribution in [-0.2, 0) is 20.7 Å². The fourth-order valence-electron chi connectivity index (χ4n) is 2.32. The highest BCUT2D eigenvalue weighted by molar-refractivity contribution is 5.76. The predicted molar refractivity (Wildman–Crippen MR) is 77.4 cm³/mol. The van der Waals surface area contributed by atoms with E-state index >= 15 is 0 Å². The molecule has 1 aromatic rings. The maximum Gasteiger partial charge on any atom is 0.220 e. The molecule has 1 heterocycles. The number of carbonyl (C=O) groups is 1. The van der Waals surface area contributed by atoms with Crippen LogP contribution >= 0.6 is 0 Å². The maximum atomic E-state index is 11.8. The number of hydrogen-bond acceptors (Lipinski definition) is 3. The Labute approximate surface area is 120 Å². The molecule has 1 unspecified atom stereocenters. The van der Waals surface area contributed by atoms with Gasteiger partial charge in [-0.15, -0.1) is 0 Å². The summed E-state index contributed by atoms with van der Waals surface area (Å²) in [4.78, 5) is 11.8. The van der Waals surface area contributed by atoms with Crippen LogP contribution in [0.3, 0.4) is 0 Å². The van der Waals surface area contributed by atoms with E-state index < -0.39 is 5.79 Å². The topological polar surface area (TPSA) is 47.6 Å². The standard InChI is InChI=1S/C16H23NO3/c1-12-6-4-5-7-13(12)8-9-15(18)17-10-14-11-19-16(2,3)20-14/h4-7,14H,8-11H2,1-3H3,(H,17,18). The van der Waals surface area contributed by atoms with Gasteiger partial charge in [0.25, 0.3) is 0 Å². The smallest absolute Gasteiger partial charge is 0.220 e. The second-order valence-corrected chi connectivity index (χ2v) is 5.68. The summed E-state index contributed by atoms with van der Waals surface area (Å²) in [6, 6.07) is 8.15. The molecule has 1 atom stereocenters. The Morgan fingerprint density at radius 1 is 1.40 bits per heavy atom. The van der Waals surface area contributed by atoms with E-state index in [-0.39, 0.29) is 12.0 Å². The van der Waals surface area contributed by atoms with E-state index in [0.717, 1.165) is 6.42 Å². The third kappa shape index (κ3) is 4.32. The van der Waals surface area contributed by atoms with Crippen LogP contribution in [0.15, 0.2) is 24.3 Å². The molecule has 1 amide bonds. The second-order valence-electron chi connectivity index (χ2n) is 5.68. The number of ether oxygens (including phenoxy) is 2. The van der Waals surface area contributed by atoms with Gasteiger partial charge in [-0.2, -0.15) is 0 Å². The highest BCUT2D eigenvalue weighted by Crippen LogP contribution is 2.21. The number of rotatable bonds is 5. The summed E-state index contributed by atoms with van der Waals surface area (Å²) in [6.07, 6.45) is 1.22. The van der Waals surface area contributed by atoms with Crippen molar-refractivity contribution in [2.45, 2.75) is 45.5 Å². The summed E-state index contributed by atoms with van der Waals surface area (Å²) in [7, 11) is 0. The summed E-state index contributed by atoms with van der Waals surface area (Å²) in [5, 5.41) is 2.91. The summed E-state index contributed by atoms with van der Waals surface area (Å²) < 4.78 is 11.1. The Balaban J connectivity index is 1.70. The lowest BCUT2D eigenvalue weighted by Gasteiger charge is -2.17. The van der Waals surface area contributed by atoms with Crippen molar-refractivity contribution in [3.8, 4) is 0 Å². The van der Waals surface area contributed by atoms with Crippen molar-refractivity contribution in [3.05, 3.63) is 35.4 Å². The molecule has 1 aliphatic rings. The number of hydrogen-bond donors (Lipinski definition) is 1. The van der Waals surface area contributed by atoms with E-state index in [9.17, 15) is 4.79 Å². The lowest BCUT2D eigenvalue weighted by atomic mass is 10.0. The molecule has 1 aliphatic heterocycles. The van der Waals surface area contributed by atoms with Gasteiger partial charge in [0.2, 0.25) is 5.91 Å². The molecule has 20 heavy (non-hydrogen) atoms. The predicted octanol–water partition coefficient (Wildman–Crippen LogP) is 2.20. The van der Waals surface area contributed by atoms with Gasteiger partial charge in [0.1, 0.15) is 6.10 Å². The monoisotopic (exact) mass is 277 g/mol. The lowest BCUT2D eigenvalue weighted by Crippen LogP contribution is -2.34. The van der Waals surface area contributed by atoms with E-state index in [1.807, 2.05) is 26.0 Å². The average molecular weight is 277 g/mol. The summed E-state index contributed by atoms with van der Waals surface area (Å²) in [5.41, 5.74) is 2.46. The van der Waals surface area contributed by atoms with Crippen molar-refractivity contribution >= 4 is 5.91 Å². The van der Waals surface area contributed by atoms with Crippen molar-refractivity contribution in [3.63, 3.8) is 0 Å². The summed E-state index contributed by atoms with van der Waals surface area (Å²) in [6.45, 7) is 6.88. The average Bonchev–Trinajstić information content (AvgIpc) is 2.75. The number of nitrogens with one attached hydrogen (secondary N) is 1. The van der Waals surface area contributed by atoms with Crippen molar-refractivity contribution in [2.24, 2.45) is 0 Å². The molecule has 1 fully saturated rings. The Morgan fingerprint density at radius 3 is 2.80 bits per heavy atom. The zero-order valence-corrected chi connectivity index (χ0v) is 12.4. The summed E-state index contributed by atoms with van der Waals surface area (Å²) >= 11 is 0. The lowest BCUT2D eigenvalue weighted by molar-refractivity contribution is -0.139. The Morgan fingerprint density at radius 2 is 2.15 bits per heavy atom. The molecule has 0 spiro atoms. The van der Waals surface area contributed by atoms with Crippen LogP contribution in [0, 0.1) is 6.92 Å². The fraction of sp³-hybridized carbons (Fsp3) is 0.562. The first kappa shape index (κ1) is 15.0. The maximum absolute atomic E-state index is 11.8. The Kier molecular flexibility index (Phi) is 4.78. The normalized spacial score (nSPS) is 20.9. The molecule has 110 valence electrons. The SMILES string of the molecule is Cc1ccccc1CCC(=O)NCC1COC(C)(C)O1. The Bertz CT molecular complexity index is 471. The zero-order valence-electron chi connectivity index (χ0n) is 12.4. The molecular formula is C16H23NO3. The van der Waals surface area contributed by atoms with Gasteiger partial charge in [0.15, 0.2) is 5.79 Å². The van der Waals surface area contributed by atoms with Crippen LogP contribution in [0.5, 0.6) is 0 Å². The second kappa shape index (κ2) is 6.37. The van der Waals surface area contributed by atoms with Crippen LogP contribution in [0.25, 0.3) is 0 Å². The van der Waals surface area contributed by atoms with E-state index in [0.29, 0.717) is 19.6 Å². The molecule has 4 nitrogen and oxygen atoms in total. The van der Waals surface area contributed by atoms with Gasteiger partial charge in [0.05, 0.1) is 6.61 Å². The summed E-state index contributed by atoms with van der Waals surface area (Å²) in [5.74, 6) is -0.474. The molecule has 0 aromatic heterocycles. The van der Waals surface area contributed by atoms with Crippen molar-refractivity contribution in [1.82, 2.24) is 5.32 Å². The number of amides is 1. The highest BCUT2D eigenvalue weighted by atomic mass is 16.7. The molecule has 0 aliphatic carbocycles. The zero-order chi connectivity index (χ0) is 14.6. The first-order chi connectivity index (χ1) is 9.46. The van der Waals surface area contributed by atoms with Gasteiger partial charge >= 0.3 is 0 Å². The minimum absolute atomic E-state index is 0.0487. The number of benzene rings is 1. The van der Waals surface area contributed by atoms with Gasteiger partial charge in [0, 0.05) is 13.0 Å². The van der Waals surface area contributed by atoms with E-state index in [1.165, 1.54) is 11.1 Å². The number of aryl methyl sites for hydroxylation is 2. The van der Waals surface area contributed by atoms with Gasteiger partial charge in [-0.05, 0) is 38.3 Å². The Hall–Kier alpha value is -1.39.